The first-order valence-electron chi connectivity index (χ1n) is 7.00. The van der Waals surface area contributed by atoms with Crippen molar-refractivity contribution in [1.29, 1.82) is 0 Å². The van der Waals surface area contributed by atoms with Gasteiger partial charge in [-0.1, -0.05) is 0 Å². The first-order chi connectivity index (χ1) is 9.72. The summed E-state index contributed by atoms with van der Waals surface area (Å²) >= 11 is 0. The summed E-state index contributed by atoms with van der Waals surface area (Å²) in [6.45, 7) is 0.805. The highest BCUT2D eigenvalue weighted by molar-refractivity contribution is 5.98. The fourth-order valence-corrected chi connectivity index (χ4v) is 2.59. The zero-order valence-corrected chi connectivity index (χ0v) is 11.2. The normalized spacial score (nSPS) is 19.3. The first kappa shape index (κ1) is 13.1. The number of fused-ring (bicyclic) bond motifs is 1. The molecule has 0 amide bonds. The first-order valence-corrected chi connectivity index (χ1v) is 7.00. The van der Waals surface area contributed by atoms with E-state index in [9.17, 15) is 9.59 Å². The Kier molecular flexibility index (Phi) is 3.69. The number of aromatic nitrogens is 1. The van der Waals surface area contributed by atoms with E-state index in [0.717, 1.165) is 25.9 Å². The quantitative estimate of drug-likeness (QED) is 0.871. The summed E-state index contributed by atoms with van der Waals surface area (Å²) in [6, 6.07) is 5.04. The molecule has 5 nitrogen and oxygen atoms in total. The lowest BCUT2D eigenvalue weighted by molar-refractivity contribution is 0.0104. The number of H-pyrrole nitrogens is 1. The molecule has 1 unspecified atom stereocenters. The van der Waals surface area contributed by atoms with E-state index in [1.807, 2.05) is 0 Å². The monoisotopic (exact) mass is 275 g/mol. The Hall–Kier alpha value is -1.88. The highest BCUT2D eigenvalue weighted by Gasteiger charge is 2.16. The van der Waals surface area contributed by atoms with E-state index in [0.29, 0.717) is 23.1 Å². The summed E-state index contributed by atoms with van der Waals surface area (Å²) in [6.07, 6.45) is 4.77. The SMILES string of the molecule is O=C(CCC1CCCCO1)c1ccc2[nH]c(=O)oc2c1. The predicted molar refractivity (Wildman–Crippen MR) is 74.0 cm³/mol. The van der Waals surface area contributed by atoms with Gasteiger partial charge >= 0.3 is 5.76 Å². The van der Waals surface area contributed by atoms with Crippen molar-refractivity contribution >= 4 is 16.9 Å². The highest BCUT2D eigenvalue weighted by Crippen LogP contribution is 2.19. The Balaban J connectivity index is 1.66. The summed E-state index contributed by atoms with van der Waals surface area (Å²) in [5, 5.41) is 0. The molecule has 3 rings (SSSR count). The minimum absolute atomic E-state index is 0.0601. The second-order valence-corrected chi connectivity index (χ2v) is 5.18. The molecule has 2 heterocycles. The fourth-order valence-electron chi connectivity index (χ4n) is 2.59. The van der Waals surface area contributed by atoms with E-state index in [-0.39, 0.29) is 11.9 Å². The maximum absolute atomic E-state index is 12.2. The highest BCUT2D eigenvalue weighted by atomic mass is 16.5. The van der Waals surface area contributed by atoms with Gasteiger partial charge in [-0.2, -0.15) is 0 Å². The molecule has 1 atom stereocenters. The van der Waals surface area contributed by atoms with Crippen molar-refractivity contribution in [3.63, 3.8) is 0 Å². The van der Waals surface area contributed by atoms with E-state index >= 15 is 0 Å². The number of Topliss-reactive ketones (excluding diaryl/α,β-unsaturated/α-hetero) is 1. The lowest BCUT2D eigenvalue weighted by atomic mass is 10.00. The van der Waals surface area contributed by atoms with Gasteiger partial charge in [0.25, 0.3) is 0 Å². The van der Waals surface area contributed by atoms with Crippen LogP contribution in [0.15, 0.2) is 27.4 Å². The van der Waals surface area contributed by atoms with Crippen LogP contribution >= 0.6 is 0 Å². The summed E-state index contributed by atoms with van der Waals surface area (Å²) in [4.78, 5) is 25.8. The van der Waals surface area contributed by atoms with Gasteiger partial charge in [-0.15, -0.1) is 0 Å². The van der Waals surface area contributed by atoms with Crippen LogP contribution in [0.5, 0.6) is 0 Å². The Morgan fingerprint density at radius 1 is 1.35 bits per heavy atom. The van der Waals surface area contributed by atoms with Crippen LogP contribution in [0.3, 0.4) is 0 Å². The maximum atomic E-state index is 12.2. The number of carbonyl (C=O) groups is 1. The summed E-state index contributed by atoms with van der Waals surface area (Å²) in [5.41, 5.74) is 1.62. The summed E-state index contributed by atoms with van der Waals surface area (Å²) in [7, 11) is 0. The molecular weight excluding hydrogens is 258 g/mol. The molecule has 1 N–H and O–H groups in total. The van der Waals surface area contributed by atoms with Crippen LogP contribution in [0.25, 0.3) is 11.1 Å². The van der Waals surface area contributed by atoms with Gasteiger partial charge in [-0.25, -0.2) is 4.79 Å². The minimum Gasteiger partial charge on any atom is -0.408 e. The van der Waals surface area contributed by atoms with Gasteiger partial charge in [0, 0.05) is 18.6 Å². The third-order valence-corrected chi connectivity index (χ3v) is 3.71. The lowest BCUT2D eigenvalue weighted by Crippen LogP contribution is -2.20. The number of ether oxygens (including phenoxy) is 1. The number of ketones is 1. The number of benzene rings is 1. The average molecular weight is 275 g/mol. The van der Waals surface area contributed by atoms with Crippen molar-refractivity contribution in [2.45, 2.75) is 38.2 Å². The molecule has 1 saturated heterocycles. The molecule has 5 heteroatoms. The zero-order valence-electron chi connectivity index (χ0n) is 11.2. The van der Waals surface area contributed by atoms with Crippen LogP contribution in [0.2, 0.25) is 0 Å². The van der Waals surface area contributed by atoms with Crippen LogP contribution < -0.4 is 5.76 Å². The molecule has 0 saturated carbocycles. The summed E-state index contributed by atoms with van der Waals surface area (Å²) in [5.74, 6) is -0.440. The Morgan fingerprint density at radius 3 is 3.05 bits per heavy atom. The van der Waals surface area contributed by atoms with E-state index in [1.54, 1.807) is 18.2 Å². The van der Waals surface area contributed by atoms with Crippen LogP contribution in [0.1, 0.15) is 42.5 Å². The molecule has 20 heavy (non-hydrogen) atoms. The van der Waals surface area contributed by atoms with Gasteiger partial charge in [0.05, 0.1) is 11.6 Å². The smallest absolute Gasteiger partial charge is 0.408 e. The molecule has 0 aliphatic carbocycles. The van der Waals surface area contributed by atoms with Gasteiger partial charge in [0.15, 0.2) is 11.4 Å². The molecule has 1 aromatic heterocycles. The molecule has 0 bridgehead atoms. The summed E-state index contributed by atoms with van der Waals surface area (Å²) < 4.78 is 10.6. The fraction of sp³-hybridized carbons (Fsp3) is 0.467. The Bertz CT molecular complexity index is 664. The molecule has 0 spiro atoms. The van der Waals surface area contributed by atoms with Crippen molar-refractivity contribution in [2.75, 3.05) is 6.61 Å². The largest absolute Gasteiger partial charge is 0.417 e. The number of oxazole rings is 1. The third-order valence-electron chi connectivity index (χ3n) is 3.71. The van der Waals surface area contributed by atoms with E-state index in [1.165, 1.54) is 6.42 Å². The Labute approximate surface area is 115 Å². The van der Waals surface area contributed by atoms with Crippen LogP contribution in [0.4, 0.5) is 0 Å². The zero-order chi connectivity index (χ0) is 13.9. The van der Waals surface area contributed by atoms with Gasteiger partial charge in [0.1, 0.15) is 0 Å². The number of hydrogen-bond acceptors (Lipinski definition) is 4. The number of rotatable bonds is 4. The minimum atomic E-state index is -0.500. The second-order valence-electron chi connectivity index (χ2n) is 5.18. The third kappa shape index (κ3) is 2.82. The standard InChI is InChI=1S/C15H17NO4/c17-13(7-5-11-3-1-2-8-19-11)10-4-6-12-14(9-10)20-15(18)16-12/h4,6,9,11H,1-3,5,7-8H2,(H,16,18). The van der Waals surface area contributed by atoms with Crippen molar-refractivity contribution in [2.24, 2.45) is 0 Å². The topological polar surface area (TPSA) is 72.3 Å². The van der Waals surface area contributed by atoms with Crippen molar-refractivity contribution in [3.8, 4) is 0 Å². The molecular formula is C15H17NO4. The van der Waals surface area contributed by atoms with Crippen molar-refractivity contribution in [1.82, 2.24) is 4.98 Å². The molecule has 2 aromatic rings. The lowest BCUT2D eigenvalue weighted by Gasteiger charge is -2.22. The number of aromatic amines is 1. The van der Waals surface area contributed by atoms with E-state index in [4.69, 9.17) is 9.15 Å². The van der Waals surface area contributed by atoms with Gasteiger partial charge < -0.3 is 9.15 Å². The van der Waals surface area contributed by atoms with Crippen molar-refractivity contribution in [3.05, 3.63) is 34.3 Å². The maximum Gasteiger partial charge on any atom is 0.417 e. The van der Waals surface area contributed by atoms with E-state index in [2.05, 4.69) is 4.98 Å². The molecule has 1 aliphatic rings. The van der Waals surface area contributed by atoms with Crippen LogP contribution in [-0.4, -0.2) is 23.5 Å². The second kappa shape index (κ2) is 5.63. The molecule has 1 aromatic carbocycles. The van der Waals surface area contributed by atoms with E-state index < -0.39 is 5.76 Å². The number of carbonyl (C=O) groups excluding carboxylic acids is 1. The molecule has 0 radical (unpaired) electrons. The predicted octanol–water partition coefficient (Wildman–Crippen LogP) is 2.65. The number of nitrogens with one attached hydrogen (secondary N) is 1. The van der Waals surface area contributed by atoms with Crippen LogP contribution in [-0.2, 0) is 4.74 Å². The number of hydrogen-bond donors (Lipinski definition) is 1. The van der Waals surface area contributed by atoms with Gasteiger partial charge in [0.2, 0.25) is 0 Å². The molecule has 1 fully saturated rings. The van der Waals surface area contributed by atoms with Gasteiger partial charge in [-0.3, -0.25) is 9.78 Å². The van der Waals surface area contributed by atoms with Gasteiger partial charge in [-0.05, 0) is 43.9 Å². The molecule has 106 valence electrons. The van der Waals surface area contributed by atoms with Crippen LogP contribution in [0, 0.1) is 0 Å². The average Bonchev–Trinajstić information content (AvgIpc) is 2.85. The Morgan fingerprint density at radius 2 is 2.25 bits per heavy atom. The van der Waals surface area contributed by atoms with Crippen molar-refractivity contribution < 1.29 is 13.9 Å². The molecule has 1 aliphatic heterocycles.